The molecule has 0 saturated heterocycles. The van der Waals surface area contributed by atoms with Gasteiger partial charge in [-0.1, -0.05) is 23.6 Å². The summed E-state index contributed by atoms with van der Waals surface area (Å²) in [5, 5.41) is 17.9. The highest BCUT2D eigenvalue weighted by Crippen LogP contribution is 2.68. The molecule has 17 nitrogen and oxygen atoms in total. The van der Waals surface area contributed by atoms with Gasteiger partial charge in [-0.2, -0.15) is 49.6 Å². The molecule has 1 saturated carbocycles. The predicted molar refractivity (Wildman–Crippen MR) is 249 cm³/mol. The van der Waals surface area contributed by atoms with Crippen LogP contribution in [0.1, 0.15) is 66.1 Å². The topological polar surface area (TPSA) is 210 Å². The van der Waals surface area contributed by atoms with Crippen molar-refractivity contribution in [1.29, 1.82) is 0 Å². The number of likely N-dealkylation sites (N-methyl/N-ethyl adjacent to an activating group) is 2. The monoisotopic (exact) mass is 1130 g/mol. The Morgan fingerprint density at radius 1 is 0.920 bits per heavy atom. The lowest BCUT2D eigenvalue weighted by atomic mass is 9.93. The van der Waals surface area contributed by atoms with Crippen LogP contribution in [0.3, 0.4) is 0 Å². The van der Waals surface area contributed by atoms with Gasteiger partial charge in [0.15, 0.2) is 21.3 Å². The standard InChI is InChI=1S/C45H42ClF10N9O8S2/c1-42(2,74(5,70)71)12-11-25-7-8-26(27-9-10-30(46)34-36(27)64(21-43(49,50)51)60-39(34)65(75(6,72)73)40(67)61(3)13-14-62(4)41(68)69)35(57-25)31(17-22-15-23(47)18-24(48)16-22)58-32(66)20-63-38-33(37(59-63)45(54,55)56)28-19-29(28)44(38,52)53/h7-10,15-16,18,28-29,31H,13-14,17,19-21H2,1-6H3,(H,58,66)(H,68,69)/t28-,29+,31?/m0/s1. The van der Waals surface area contributed by atoms with E-state index in [1.807, 2.05) is 0 Å². The van der Waals surface area contributed by atoms with Crippen LogP contribution >= 0.6 is 11.6 Å². The number of hydrogen-bond donors (Lipinski definition) is 2. The van der Waals surface area contributed by atoms with Crippen molar-refractivity contribution in [2.45, 2.75) is 74.8 Å². The average Bonchev–Trinajstić information content (AvgIpc) is 3.78. The van der Waals surface area contributed by atoms with E-state index in [9.17, 15) is 71.4 Å². The van der Waals surface area contributed by atoms with Crippen LogP contribution in [0, 0.1) is 29.4 Å². The fourth-order valence-corrected chi connectivity index (χ4v) is 9.77. The second-order valence-electron chi connectivity index (χ2n) is 18.5. The molecule has 3 aromatic heterocycles. The molecule has 7 rings (SSSR count). The van der Waals surface area contributed by atoms with Gasteiger partial charge in [0.25, 0.3) is 5.92 Å². The molecule has 3 heterocycles. The van der Waals surface area contributed by atoms with Gasteiger partial charge >= 0.3 is 24.5 Å². The molecule has 0 spiro atoms. The number of carboxylic acid groups (broad SMARTS) is 1. The highest BCUT2D eigenvalue weighted by Gasteiger charge is 2.68. The number of urea groups is 1. The number of anilines is 1. The molecule has 3 atom stereocenters. The number of nitrogens with one attached hydrogen (secondary N) is 1. The Bertz CT molecular complexity index is 3450. The fourth-order valence-electron chi connectivity index (χ4n) is 8.44. The molecule has 4 amide bonds. The predicted octanol–water partition coefficient (Wildman–Crippen LogP) is 7.72. The summed E-state index contributed by atoms with van der Waals surface area (Å²) in [4.78, 5) is 45.6. The van der Waals surface area contributed by atoms with Crippen molar-refractivity contribution in [3.63, 3.8) is 0 Å². The van der Waals surface area contributed by atoms with E-state index >= 15 is 8.78 Å². The first-order valence-corrected chi connectivity index (χ1v) is 26.0. The zero-order valence-corrected chi connectivity index (χ0v) is 42.3. The summed E-state index contributed by atoms with van der Waals surface area (Å²) in [5.41, 5.74) is -6.09. The first-order chi connectivity index (χ1) is 34.4. The first-order valence-electron chi connectivity index (χ1n) is 21.9. The van der Waals surface area contributed by atoms with Crippen molar-refractivity contribution in [3.8, 4) is 23.0 Å². The van der Waals surface area contributed by atoms with E-state index in [1.165, 1.54) is 13.8 Å². The van der Waals surface area contributed by atoms with Gasteiger partial charge in [0, 0.05) is 62.1 Å². The number of rotatable bonds is 14. The van der Waals surface area contributed by atoms with E-state index in [-0.39, 0.29) is 43.5 Å². The summed E-state index contributed by atoms with van der Waals surface area (Å²) in [6.45, 7) is -1.72. The molecule has 2 aliphatic rings. The van der Waals surface area contributed by atoms with E-state index in [4.69, 9.17) is 11.6 Å². The van der Waals surface area contributed by atoms with Crippen LogP contribution in [0.25, 0.3) is 22.0 Å². The number of sulfonamides is 1. The van der Waals surface area contributed by atoms with Crippen molar-refractivity contribution in [3.05, 3.63) is 93.0 Å². The Morgan fingerprint density at radius 3 is 2.11 bits per heavy atom. The van der Waals surface area contributed by atoms with Crippen molar-refractivity contribution in [1.82, 2.24) is 39.7 Å². The minimum absolute atomic E-state index is 0.0186. The maximum atomic E-state index is 15.6. The molecule has 0 bridgehead atoms. The molecular formula is C45H42ClF10N9O8S2. The molecular weight excluding hydrogens is 1080 g/mol. The number of alkyl halides is 8. The molecule has 2 N–H and O–H groups in total. The SMILES string of the molecule is CN(CCN(C)C(=O)N(c1nn(CC(F)(F)F)c2c(-c3ccc(C#CC(C)(C)S(C)(=O)=O)nc3C(Cc3cc(F)cc(F)c3)NC(=O)Cn3nc(C(F)(F)F)c4c3C(F)(F)[C@@H]3C[C@H]43)ccc(Cl)c12)S(C)(=O)=O)C(=O)O. The van der Waals surface area contributed by atoms with Gasteiger partial charge in [0.1, 0.15) is 40.9 Å². The summed E-state index contributed by atoms with van der Waals surface area (Å²) in [6.07, 6.45) is -11.5. The van der Waals surface area contributed by atoms with Crippen LogP contribution in [-0.4, -0.2) is 125 Å². The Morgan fingerprint density at radius 2 is 1.53 bits per heavy atom. The number of hydrogen-bond acceptors (Lipinski definition) is 10. The van der Waals surface area contributed by atoms with Crippen molar-refractivity contribution < 1.29 is 80.2 Å². The van der Waals surface area contributed by atoms with Gasteiger partial charge in [-0.3, -0.25) is 14.2 Å². The van der Waals surface area contributed by atoms with E-state index in [1.54, 1.807) is 0 Å². The van der Waals surface area contributed by atoms with Crippen LogP contribution in [0.2, 0.25) is 5.02 Å². The number of nitrogens with zero attached hydrogens (tertiary/aromatic N) is 8. The van der Waals surface area contributed by atoms with Crippen molar-refractivity contribution in [2.24, 2.45) is 5.92 Å². The number of sulfone groups is 1. The second-order valence-corrected chi connectivity index (χ2v) is 23.3. The lowest BCUT2D eigenvalue weighted by Crippen LogP contribution is -2.47. The van der Waals surface area contributed by atoms with E-state index in [0.29, 0.717) is 12.3 Å². The Labute approximate surface area is 425 Å². The molecule has 2 aromatic carbocycles. The molecule has 2 aliphatic carbocycles. The normalized spacial score (nSPS) is 16.7. The summed E-state index contributed by atoms with van der Waals surface area (Å²) >= 11 is 6.66. The van der Waals surface area contributed by atoms with Crippen LogP contribution < -0.4 is 9.62 Å². The summed E-state index contributed by atoms with van der Waals surface area (Å²) < 4.78 is 198. The average molecular weight is 1130 g/mol. The van der Waals surface area contributed by atoms with Gasteiger partial charge in [0.05, 0.1) is 33.9 Å². The highest BCUT2D eigenvalue weighted by atomic mass is 35.5. The summed E-state index contributed by atoms with van der Waals surface area (Å²) in [6, 6.07) is 3.19. The quantitative estimate of drug-likeness (QED) is 0.0812. The van der Waals surface area contributed by atoms with Crippen LogP contribution in [-0.2, 0) is 56.3 Å². The zero-order valence-electron chi connectivity index (χ0n) is 39.9. The lowest BCUT2D eigenvalue weighted by molar-refractivity contribution is -0.143. The van der Waals surface area contributed by atoms with Gasteiger partial charge in [-0.15, -0.1) is 0 Å². The molecule has 1 unspecified atom stereocenters. The molecule has 404 valence electrons. The fraction of sp³-hybridized carbons (Fsp3) is 0.422. The van der Waals surface area contributed by atoms with Crippen LogP contribution in [0.15, 0.2) is 42.5 Å². The summed E-state index contributed by atoms with van der Waals surface area (Å²) in [7, 11) is -6.63. The molecule has 5 aromatic rings. The van der Waals surface area contributed by atoms with Crippen molar-refractivity contribution >= 4 is 66.2 Å². The number of benzene rings is 2. The third-order valence-electron chi connectivity index (χ3n) is 12.4. The molecule has 0 radical (unpaired) electrons. The lowest BCUT2D eigenvalue weighted by Gasteiger charge is -2.26. The van der Waals surface area contributed by atoms with Gasteiger partial charge < -0.3 is 20.2 Å². The van der Waals surface area contributed by atoms with E-state index in [0.717, 1.165) is 66.5 Å². The third kappa shape index (κ3) is 11.5. The smallest absolute Gasteiger partial charge is 0.435 e. The minimum atomic E-state index is -5.24. The molecule has 1 fully saturated rings. The Kier molecular flexibility index (Phi) is 14.6. The number of fused-ring (bicyclic) bond motifs is 4. The molecule has 75 heavy (non-hydrogen) atoms. The third-order valence-corrected chi connectivity index (χ3v) is 15.7. The second kappa shape index (κ2) is 19.5. The van der Waals surface area contributed by atoms with Crippen LogP contribution in [0.4, 0.5) is 59.3 Å². The maximum Gasteiger partial charge on any atom is 0.435 e. The highest BCUT2D eigenvalue weighted by molar-refractivity contribution is 7.93. The number of aromatic nitrogens is 5. The number of halogens is 11. The van der Waals surface area contributed by atoms with E-state index in [2.05, 4.69) is 32.3 Å². The Hall–Kier alpha value is -6.67. The number of carbonyl (C=O) groups excluding carboxylic acids is 2. The molecule has 0 aliphatic heterocycles. The van der Waals surface area contributed by atoms with Gasteiger partial charge in [-0.05, 0) is 74.4 Å². The zero-order chi connectivity index (χ0) is 55.9. The Balaban J connectivity index is 1.48. The maximum absolute atomic E-state index is 15.6. The number of amides is 4. The number of pyridine rings is 1. The largest absolute Gasteiger partial charge is 0.465 e. The number of carbonyl (C=O) groups is 3. The minimum Gasteiger partial charge on any atom is -0.465 e. The van der Waals surface area contributed by atoms with Crippen molar-refractivity contribution in [2.75, 3.05) is 44.0 Å². The summed E-state index contributed by atoms with van der Waals surface area (Å²) in [5.74, 6) is -6.17. The van der Waals surface area contributed by atoms with Crippen LogP contribution in [0.5, 0.6) is 0 Å². The van der Waals surface area contributed by atoms with Gasteiger partial charge in [0.2, 0.25) is 15.9 Å². The van der Waals surface area contributed by atoms with Gasteiger partial charge in [-0.25, -0.2) is 40.2 Å². The molecule has 30 heteroatoms. The van der Waals surface area contributed by atoms with E-state index < -0.39 is 166 Å². The first kappa shape index (κ1) is 56.1.